The lowest BCUT2D eigenvalue weighted by atomic mass is 10.0. The highest BCUT2D eigenvalue weighted by Crippen LogP contribution is 2.26. The number of ether oxygens (including phenoxy) is 2. The molecule has 0 aliphatic rings. The van der Waals surface area contributed by atoms with Gasteiger partial charge in [-0.25, -0.2) is 4.79 Å². The average Bonchev–Trinajstić information content (AvgIpc) is 2.56. The Morgan fingerprint density at radius 1 is 1.26 bits per heavy atom. The van der Waals surface area contributed by atoms with Crippen molar-refractivity contribution in [3.8, 4) is 11.5 Å². The molecule has 0 aliphatic heterocycles. The van der Waals surface area contributed by atoms with Crippen LogP contribution in [0.5, 0.6) is 11.5 Å². The number of aromatic carboxylic acids is 1. The summed E-state index contributed by atoms with van der Waals surface area (Å²) in [6, 6.07) is 10.6. The zero-order chi connectivity index (χ0) is 16.7. The Hall–Kier alpha value is -2.56. The van der Waals surface area contributed by atoms with E-state index in [1.54, 1.807) is 18.3 Å². The first-order valence-electron chi connectivity index (χ1n) is 7.65. The molecule has 1 heterocycles. The van der Waals surface area contributed by atoms with Gasteiger partial charge in [-0.1, -0.05) is 13.0 Å². The number of aromatic nitrogens is 1. The van der Waals surface area contributed by atoms with Crippen molar-refractivity contribution in [3.05, 3.63) is 53.9 Å². The molecule has 1 atom stereocenters. The van der Waals surface area contributed by atoms with Crippen LogP contribution in [-0.2, 0) is 0 Å². The molecule has 0 spiro atoms. The molecule has 122 valence electrons. The molecule has 0 radical (unpaired) electrons. The van der Waals surface area contributed by atoms with E-state index in [0.717, 1.165) is 12.1 Å². The van der Waals surface area contributed by atoms with Crippen LogP contribution in [-0.4, -0.2) is 29.3 Å². The van der Waals surface area contributed by atoms with Crippen molar-refractivity contribution in [2.75, 3.05) is 13.2 Å². The molecule has 1 unspecified atom stereocenters. The summed E-state index contributed by atoms with van der Waals surface area (Å²) < 4.78 is 11.1. The van der Waals surface area contributed by atoms with Gasteiger partial charge in [-0.3, -0.25) is 4.98 Å². The third-order valence-electron chi connectivity index (χ3n) is 3.50. The minimum Gasteiger partial charge on any atom is -0.493 e. The molecule has 2 aromatic rings. The second-order valence-electron chi connectivity index (χ2n) is 5.19. The smallest absolute Gasteiger partial charge is 0.339 e. The van der Waals surface area contributed by atoms with Gasteiger partial charge in [0.2, 0.25) is 0 Å². The second-order valence-corrected chi connectivity index (χ2v) is 5.19. The number of carboxylic acids is 1. The first-order valence-corrected chi connectivity index (χ1v) is 7.65. The SMILES string of the molecule is CCOc1cc(OCCC(C)c2ccccn2)ccc1C(=O)O. The minimum atomic E-state index is -1.01. The molecule has 2 rings (SSSR count). The predicted octanol–water partition coefficient (Wildman–Crippen LogP) is 3.75. The summed E-state index contributed by atoms with van der Waals surface area (Å²) in [5, 5.41) is 9.13. The van der Waals surface area contributed by atoms with E-state index in [9.17, 15) is 4.79 Å². The van der Waals surface area contributed by atoms with Crippen molar-refractivity contribution in [1.82, 2.24) is 4.98 Å². The first kappa shape index (κ1) is 16.8. The fourth-order valence-electron chi connectivity index (χ4n) is 2.21. The number of benzene rings is 1. The zero-order valence-electron chi connectivity index (χ0n) is 13.4. The first-order chi connectivity index (χ1) is 11.1. The molecule has 1 aromatic heterocycles. The van der Waals surface area contributed by atoms with Crippen LogP contribution in [0, 0.1) is 0 Å². The monoisotopic (exact) mass is 315 g/mol. The molecule has 0 fully saturated rings. The Labute approximate surface area is 135 Å². The van der Waals surface area contributed by atoms with Crippen molar-refractivity contribution in [1.29, 1.82) is 0 Å². The highest BCUT2D eigenvalue weighted by molar-refractivity contribution is 5.91. The highest BCUT2D eigenvalue weighted by atomic mass is 16.5. The van der Waals surface area contributed by atoms with Gasteiger partial charge >= 0.3 is 5.97 Å². The van der Waals surface area contributed by atoms with E-state index in [4.69, 9.17) is 14.6 Å². The van der Waals surface area contributed by atoms with Gasteiger partial charge in [-0.2, -0.15) is 0 Å². The Morgan fingerprint density at radius 2 is 2.09 bits per heavy atom. The molecule has 5 nitrogen and oxygen atoms in total. The van der Waals surface area contributed by atoms with Gasteiger partial charge in [0.05, 0.1) is 13.2 Å². The molecule has 1 aromatic carbocycles. The summed E-state index contributed by atoms with van der Waals surface area (Å²) in [4.78, 5) is 15.5. The van der Waals surface area contributed by atoms with Crippen LogP contribution in [0.1, 0.15) is 42.2 Å². The van der Waals surface area contributed by atoms with Gasteiger partial charge in [0.1, 0.15) is 17.1 Å². The van der Waals surface area contributed by atoms with Gasteiger partial charge in [0.25, 0.3) is 0 Å². The van der Waals surface area contributed by atoms with E-state index < -0.39 is 5.97 Å². The largest absolute Gasteiger partial charge is 0.493 e. The molecule has 5 heteroatoms. The van der Waals surface area contributed by atoms with Gasteiger partial charge < -0.3 is 14.6 Å². The summed E-state index contributed by atoms with van der Waals surface area (Å²) in [6.07, 6.45) is 2.60. The summed E-state index contributed by atoms with van der Waals surface area (Å²) in [6.45, 7) is 4.84. The van der Waals surface area contributed by atoms with Crippen molar-refractivity contribution in [3.63, 3.8) is 0 Å². The third kappa shape index (κ3) is 4.71. The maximum atomic E-state index is 11.1. The predicted molar refractivity (Wildman–Crippen MR) is 87.3 cm³/mol. The summed E-state index contributed by atoms with van der Waals surface area (Å²) in [5.74, 6) is 0.214. The van der Waals surface area contributed by atoms with Crippen molar-refractivity contribution in [2.24, 2.45) is 0 Å². The number of hydrogen-bond acceptors (Lipinski definition) is 4. The normalized spacial score (nSPS) is 11.7. The Kier molecular flexibility index (Phi) is 5.97. The van der Waals surface area contributed by atoms with Crippen LogP contribution in [0.25, 0.3) is 0 Å². The Morgan fingerprint density at radius 3 is 2.74 bits per heavy atom. The fourth-order valence-corrected chi connectivity index (χ4v) is 2.21. The van der Waals surface area contributed by atoms with E-state index in [-0.39, 0.29) is 5.56 Å². The number of hydrogen-bond donors (Lipinski definition) is 1. The lowest BCUT2D eigenvalue weighted by Gasteiger charge is -2.13. The number of carboxylic acid groups (broad SMARTS) is 1. The summed E-state index contributed by atoms with van der Waals surface area (Å²) in [5.41, 5.74) is 1.17. The Bertz CT molecular complexity index is 643. The molecule has 0 aliphatic carbocycles. The standard InChI is InChI=1S/C18H21NO4/c1-3-22-17-12-14(7-8-15(17)18(20)21)23-11-9-13(2)16-6-4-5-10-19-16/h4-8,10,12-13H,3,9,11H2,1-2H3,(H,20,21). The van der Waals surface area contributed by atoms with E-state index >= 15 is 0 Å². The van der Waals surface area contributed by atoms with Crippen LogP contribution < -0.4 is 9.47 Å². The van der Waals surface area contributed by atoms with Gasteiger partial charge in [-0.15, -0.1) is 0 Å². The Balaban J connectivity index is 1.95. The lowest BCUT2D eigenvalue weighted by molar-refractivity contribution is 0.0692. The maximum absolute atomic E-state index is 11.1. The van der Waals surface area contributed by atoms with E-state index in [0.29, 0.717) is 30.6 Å². The second kappa shape index (κ2) is 8.17. The van der Waals surface area contributed by atoms with Crippen molar-refractivity contribution >= 4 is 5.97 Å². The third-order valence-corrected chi connectivity index (χ3v) is 3.50. The number of nitrogens with zero attached hydrogens (tertiary/aromatic N) is 1. The van der Waals surface area contributed by atoms with Crippen molar-refractivity contribution < 1.29 is 19.4 Å². The van der Waals surface area contributed by atoms with E-state index in [1.165, 1.54) is 6.07 Å². The number of carbonyl (C=O) groups is 1. The molecule has 0 amide bonds. The fraction of sp³-hybridized carbons (Fsp3) is 0.333. The van der Waals surface area contributed by atoms with E-state index in [2.05, 4.69) is 11.9 Å². The lowest BCUT2D eigenvalue weighted by Crippen LogP contribution is -2.06. The number of pyridine rings is 1. The summed E-state index contributed by atoms with van der Waals surface area (Å²) >= 11 is 0. The van der Waals surface area contributed by atoms with Crippen LogP contribution in [0.15, 0.2) is 42.6 Å². The molecule has 1 N–H and O–H groups in total. The van der Waals surface area contributed by atoms with Crippen molar-refractivity contribution in [2.45, 2.75) is 26.2 Å². The molecule has 0 saturated heterocycles. The minimum absolute atomic E-state index is 0.140. The molecular weight excluding hydrogens is 294 g/mol. The highest BCUT2D eigenvalue weighted by Gasteiger charge is 2.13. The van der Waals surface area contributed by atoms with E-state index in [1.807, 2.05) is 25.1 Å². The quantitative estimate of drug-likeness (QED) is 0.803. The van der Waals surface area contributed by atoms with Crippen LogP contribution >= 0.6 is 0 Å². The topological polar surface area (TPSA) is 68.7 Å². The molecule has 0 saturated carbocycles. The van der Waals surface area contributed by atoms with Crippen LogP contribution in [0.2, 0.25) is 0 Å². The van der Waals surface area contributed by atoms with Gasteiger partial charge in [-0.05, 0) is 37.6 Å². The molecule has 23 heavy (non-hydrogen) atoms. The van der Waals surface area contributed by atoms with Gasteiger partial charge in [0, 0.05) is 23.9 Å². The average molecular weight is 315 g/mol. The van der Waals surface area contributed by atoms with Crippen LogP contribution in [0.3, 0.4) is 0 Å². The zero-order valence-corrected chi connectivity index (χ0v) is 13.4. The molecule has 0 bridgehead atoms. The maximum Gasteiger partial charge on any atom is 0.339 e. The van der Waals surface area contributed by atoms with Crippen LogP contribution in [0.4, 0.5) is 0 Å². The molecular formula is C18H21NO4. The number of rotatable bonds is 8. The van der Waals surface area contributed by atoms with Gasteiger partial charge in [0.15, 0.2) is 0 Å². The summed E-state index contributed by atoms with van der Waals surface area (Å²) in [7, 11) is 0.